The summed E-state index contributed by atoms with van der Waals surface area (Å²) in [6, 6.07) is 9.98. The third-order valence-electron chi connectivity index (χ3n) is 5.40. The molecule has 2 N–H and O–H groups in total. The molecule has 0 bridgehead atoms. The van der Waals surface area contributed by atoms with E-state index in [-0.39, 0.29) is 0 Å². The topological polar surface area (TPSA) is 77.9 Å². The number of piperidine rings is 1. The van der Waals surface area contributed by atoms with Gasteiger partial charge >= 0.3 is 0 Å². The van der Waals surface area contributed by atoms with E-state index in [4.69, 9.17) is 20.2 Å². The van der Waals surface area contributed by atoms with Crippen molar-refractivity contribution in [3.8, 4) is 11.5 Å². The maximum absolute atomic E-state index is 6.22. The third-order valence-corrected chi connectivity index (χ3v) is 5.40. The van der Waals surface area contributed by atoms with Crippen LogP contribution in [0.2, 0.25) is 0 Å². The molecule has 1 aliphatic heterocycles. The standard InChI is InChI=1S/C21H27N5O2/c1-14-10-20-23-17(11-19(22)26(20)24-14)15-7-5-9-25(12-15)13-16-6-4-8-18(27-2)21(16)28-3/h4,6,8,10-11,15H,5,7,9,12-13,22H2,1-3H3. The van der Waals surface area contributed by atoms with Gasteiger partial charge in [-0.3, -0.25) is 4.90 Å². The number of fused-ring (bicyclic) bond motifs is 1. The maximum atomic E-state index is 6.22. The van der Waals surface area contributed by atoms with Gasteiger partial charge < -0.3 is 15.2 Å². The summed E-state index contributed by atoms with van der Waals surface area (Å²) < 4.78 is 12.7. The van der Waals surface area contributed by atoms with Crippen LogP contribution in [0.25, 0.3) is 5.65 Å². The molecule has 1 fully saturated rings. The third kappa shape index (κ3) is 3.49. The number of likely N-dealkylation sites (tertiary alicyclic amines) is 1. The Labute approximate surface area is 165 Å². The summed E-state index contributed by atoms with van der Waals surface area (Å²) in [4.78, 5) is 7.29. The normalized spacial score (nSPS) is 17.8. The molecular weight excluding hydrogens is 354 g/mol. The van der Waals surface area contributed by atoms with E-state index in [1.807, 2.05) is 31.2 Å². The predicted octanol–water partition coefficient (Wildman–Crippen LogP) is 3.02. The van der Waals surface area contributed by atoms with Gasteiger partial charge in [-0.15, -0.1) is 0 Å². The number of aryl methyl sites for hydroxylation is 1. The average Bonchev–Trinajstić information content (AvgIpc) is 3.09. The number of hydrogen-bond donors (Lipinski definition) is 1. The number of nitrogens with two attached hydrogens (primary N) is 1. The lowest BCUT2D eigenvalue weighted by molar-refractivity contribution is 0.196. The molecule has 3 aromatic rings. The van der Waals surface area contributed by atoms with Crippen molar-refractivity contribution in [1.29, 1.82) is 0 Å². The van der Waals surface area contributed by atoms with Gasteiger partial charge in [0.05, 0.1) is 25.6 Å². The Bertz CT molecular complexity index is 984. The zero-order valence-electron chi connectivity index (χ0n) is 16.7. The van der Waals surface area contributed by atoms with Crippen molar-refractivity contribution in [3.05, 3.63) is 47.3 Å². The van der Waals surface area contributed by atoms with E-state index < -0.39 is 0 Å². The Morgan fingerprint density at radius 3 is 2.86 bits per heavy atom. The Morgan fingerprint density at radius 2 is 2.07 bits per heavy atom. The van der Waals surface area contributed by atoms with Crippen molar-refractivity contribution in [2.75, 3.05) is 33.0 Å². The number of nitrogens with zero attached hydrogens (tertiary/aromatic N) is 4. The summed E-state index contributed by atoms with van der Waals surface area (Å²) >= 11 is 0. The molecule has 0 saturated carbocycles. The Hall–Kier alpha value is -2.80. The number of benzene rings is 1. The van der Waals surface area contributed by atoms with Crippen molar-refractivity contribution in [2.45, 2.75) is 32.2 Å². The molecular formula is C21H27N5O2. The number of para-hydroxylation sites is 1. The van der Waals surface area contributed by atoms with Crippen molar-refractivity contribution in [2.24, 2.45) is 0 Å². The van der Waals surface area contributed by atoms with Gasteiger partial charge in [0.15, 0.2) is 17.1 Å². The fourth-order valence-electron chi connectivity index (χ4n) is 4.10. The summed E-state index contributed by atoms with van der Waals surface area (Å²) in [6.07, 6.45) is 2.24. The summed E-state index contributed by atoms with van der Waals surface area (Å²) in [5.41, 5.74) is 10.1. The van der Waals surface area contributed by atoms with Crippen molar-refractivity contribution in [1.82, 2.24) is 19.5 Å². The molecule has 1 saturated heterocycles. The van der Waals surface area contributed by atoms with Crippen molar-refractivity contribution in [3.63, 3.8) is 0 Å². The van der Waals surface area contributed by atoms with Gasteiger partial charge in [-0.05, 0) is 32.4 Å². The first-order valence-electron chi connectivity index (χ1n) is 9.64. The minimum Gasteiger partial charge on any atom is -0.493 e. The highest BCUT2D eigenvalue weighted by Crippen LogP contribution is 2.33. The largest absolute Gasteiger partial charge is 0.493 e. The fourth-order valence-corrected chi connectivity index (χ4v) is 4.10. The number of rotatable bonds is 5. The number of ether oxygens (including phenoxy) is 2. The molecule has 4 rings (SSSR count). The summed E-state index contributed by atoms with van der Waals surface area (Å²) in [6.45, 7) is 4.77. The number of hydrogen-bond acceptors (Lipinski definition) is 6. The molecule has 0 aliphatic carbocycles. The first-order valence-corrected chi connectivity index (χ1v) is 9.64. The zero-order chi connectivity index (χ0) is 19.7. The summed E-state index contributed by atoms with van der Waals surface area (Å²) in [7, 11) is 3.36. The van der Waals surface area contributed by atoms with Crippen LogP contribution in [0.5, 0.6) is 11.5 Å². The van der Waals surface area contributed by atoms with E-state index >= 15 is 0 Å². The molecule has 0 spiro atoms. The van der Waals surface area contributed by atoms with E-state index in [9.17, 15) is 0 Å². The van der Waals surface area contributed by atoms with Gasteiger partial charge in [-0.1, -0.05) is 12.1 Å². The van der Waals surface area contributed by atoms with Gasteiger partial charge in [0.1, 0.15) is 5.82 Å². The lowest BCUT2D eigenvalue weighted by atomic mass is 9.94. The Morgan fingerprint density at radius 1 is 1.21 bits per heavy atom. The van der Waals surface area contributed by atoms with Gasteiger partial charge in [0, 0.05) is 36.7 Å². The van der Waals surface area contributed by atoms with E-state index in [0.717, 1.165) is 66.6 Å². The molecule has 1 atom stereocenters. The maximum Gasteiger partial charge on any atom is 0.165 e. The summed E-state index contributed by atoms with van der Waals surface area (Å²) in [5.74, 6) is 2.57. The predicted molar refractivity (Wildman–Crippen MR) is 109 cm³/mol. The lowest BCUT2D eigenvalue weighted by Crippen LogP contribution is -2.34. The monoisotopic (exact) mass is 381 g/mol. The van der Waals surface area contributed by atoms with Crippen LogP contribution in [0.4, 0.5) is 5.82 Å². The smallest absolute Gasteiger partial charge is 0.165 e. The quantitative estimate of drug-likeness (QED) is 0.732. The first kappa shape index (κ1) is 18.6. The molecule has 3 heterocycles. The minimum absolute atomic E-state index is 0.354. The number of nitrogen functional groups attached to an aromatic ring is 1. The van der Waals surface area contributed by atoms with E-state index in [0.29, 0.717) is 11.7 Å². The number of methoxy groups -OCH3 is 2. The molecule has 1 aliphatic rings. The summed E-state index contributed by atoms with van der Waals surface area (Å²) in [5, 5.41) is 4.40. The number of aromatic nitrogens is 3. The molecule has 28 heavy (non-hydrogen) atoms. The molecule has 7 nitrogen and oxygen atoms in total. The second-order valence-electron chi connectivity index (χ2n) is 7.39. The molecule has 1 unspecified atom stereocenters. The van der Waals surface area contributed by atoms with Crippen LogP contribution in [0.3, 0.4) is 0 Å². The molecule has 7 heteroatoms. The highest BCUT2D eigenvalue weighted by molar-refractivity contribution is 5.49. The van der Waals surface area contributed by atoms with Gasteiger partial charge in [-0.2, -0.15) is 9.61 Å². The van der Waals surface area contributed by atoms with Crippen LogP contribution in [0, 0.1) is 6.92 Å². The van der Waals surface area contributed by atoms with Crippen LogP contribution in [0.15, 0.2) is 30.3 Å². The van der Waals surface area contributed by atoms with E-state index in [1.165, 1.54) is 0 Å². The molecule has 2 aromatic heterocycles. The van der Waals surface area contributed by atoms with Crippen LogP contribution in [0.1, 0.15) is 35.7 Å². The van der Waals surface area contributed by atoms with Crippen LogP contribution >= 0.6 is 0 Å². The minimum atomic E-state index is 0.354. The van der Waals surface area contributed by atoms with Crippen LogP contribution < -0.4 is 15.2 Å². The van der Waals surface area contributed by atoms with Crippen molar-refractivity contribution >= 4 is 11.5 Å². The fraction of sp³-hybridized carbons (Fsp3) is 0.429. The zero-order valence-corrected chi connectivity index (χ0v) is 16.7. The van der Waals surface area contributed by atoms with Crippen molar-refractivity contribution < 1.29 is 9.47 Å². The molecule has 1 aromatic carbocycles. The van der Waals surface area contributed by atoms with Gasteiger partial charge in [-0.25, -0.2) is 4.98 Å². The van der Waals surface area contributed by atoms with E-state index in [2.05, 4.69) is 16.1 Å². The second-order valence-corrected chi connectivity index (χ2v) is 7.39. The van der Waals surface area contributed by atoms with Gasteiger partial charge in [0.2, 0.25) is 0 Å². The Balaban J connectivity index is 1.55. The lowest BCUT2D eigenvalue weighted by Gasteiger charge is -2.33. The number of anilines is 1. The Kier molecular flexibility index (Phi) is 5.09. The molecule has 0 amide bonds. The average molecular weight is 381 g/mol. The van der Waals surface area contributed by atoms with Crippen LogP contribution in [-0.4, -0.2) is 46.8 Å². The highest BCUT2D eigenvalue weighted by atomic mass is 16.5. The molecule has 0 radical (unpaired) electrons. The van der Waals surface area contributed by atoms with Gasteiger partial charge in [0.25, 0.3) is 0 Å². The second kappa shape index (κ2) is 7.67. The van der Waals surface area contributed by atoms with Crippen LogP contribution in [-0.2, 0) is 6.54 Å². The SMILES string of the molecule is COc1cccc(CN2CCCC(c3cc(N)n4nc(C)cc4n3)C2)c1OC. The molecule has 148 valence electrons. The van der Waals surface area contributed by atoms with E-state index in [1.54, 1.807) is 18.7 Å². The highest BCUT2D eigenvalue weighted by Gasteiger charge is 2.24. The first-order chi connectivity index (χ1) is 13.6.